The average molecular weight is 463 g/mol. The first-order chi connectivity index (χ1) is 16.2. The van der Waals surface area contributed by atoms with Crippen LogP contribution in [0.15, 0.2) is 76.5 Å². The molecule has 4 aromatic rings. The summed E-state index contributed by atoms with van der Waals surface area (Å²) < 4.78 is 18.7. The number of fused-ring (bicyclic) bond motifs is 1. The topological polar surface area (TPSA) is 91.4 Å². The van der Waals surface area contributed by atoms with Crippen molar-refractivity contribution in [3.05, 3.63) is 72.5 Å². The van der Waals surface area contributed by atoms with Gasteiger partial charge in [-0.3, -0.25) is 9.36 Å². The van der Waals surface area contributed by atoms with Crippen LogP contribution in [0.25, 0.3) is 11.6 Å². The van der Waals surface area contributed by atoms with Crippen LogP contribution in [0, 0.1) is 0 Å². The Balaban J connectivity index is 1.34. The van der Waals surface area contributed by atoms with Gasteiger partial charge in [0, 0.05) is 11.8 Å². The molecule has 33 heavy (non-hydrogen) atoms. The Morgan fingerprint density at radius 1 is 1.06 bits per heavy atom. The number of furan rings is 1. The standard InChI is InChI=1S/C24H22N4O4S/c1-16(23(29)25-18-9-10-19-21(14-18)32-13-12-31-19)33-24-27-26-22(20-8-5-11-30-20)28(24)15-17-6-3-2-4-7-17/h2-11,14,16H,12-13,15H2,1H3,(H,25,29). The van der Waals surface area contributed by atoms with E-state index in [1.807, 2.05) is 54.0 Å². The molecule has 0 aliphatic carbocycles. The van der Waals surface area contributed by atoms with E-state index in [0.717, 1.165) is 5.56 Å². The van der Waals surface area contributed by atoms with Gasteiger partial charge >= 0.3 is 0 Å². The first-order valence-electron chi connectivity index (χ1n) is 10.6. The molecule has 1 aliphatic rings. The Morgan fingerprint density at radius 2 is 1.88 bits per heavy atom. The van der Waals surface area contributed by atoms with Crippen molar-refractivity contribution in [3.63, 3.8) is 0 Å². The summed E-state index contributed by atoms with van der Waals surface area (Å²) in [5.74, 6) is 2.40. The van der Waals surface area contributed by atoms with Gasteiger partial charge in [-0.25, -0.2) is 0 Å². The molecule has 0 spiro atoms. The van der Waals surface area contributed by atoms with Gasteiger partial charge in [0.15, 0.2) is 22.4 Å². The number of benzene rings is 2. The third-order valence-electron chi connectivity index (χ3n) is 5.10. The molecule has 0 bridgehead atoms. The van der Waals surface area contributed by atoms with Gasteiger partial charge in [0.1, 0.15) is 13.2 Å². The fourth-order valence-corrected chi connectivity index (χ4v) is 4.30. The lowest BCUT2D eigenvalue weighted by Gasteiger charge is -2.19. The number of nitrogens with one attached hydrogen (secondary N) is 1. The summed E-state index contributed by atoms with van der Waals surface area (Å²) in [6, 6.07) is 19.1. The molecule has 9 heteroatoms. The Labute approximate surface area is 194 Å². The predicted molar refractivity (Wildman–Crippen MR) is 125 cm³/mol. The SMILES string of the molecule is CC(Sc1nnc(-c2ccco2)n1Cc1ccccc1)C(=O)Nc1ccc2c(c1)OCCO2. The molecule has 1 N–H and O–H groups in total. The summed E-state index contributed by atoms with van der Waals surface area (Å²) >= 11 is 1.34. The zero-order valence-corrected chi connectivity index (χ0v) is 18.7. The molecule has 168 valence electrons. The molecular weight excluding hydrogens is 440 g/mol. The van der Waals surface area contributed by atoms with Crippen LogP contribution in [0.5, 0.6) is 11.5 Å². The summed E-state index contributed by atoms with van der Waals surface area (Å²) in [7, 11) is 0. The highest BCUT2D eigenvalue weighted by Crippen LogP contribution is 2.33. The number of thioether (sulfide) groups is 1. The zero-order valence-electron chi connectivity index (χ0n) is 17.9. The predicted octanol–water partition coefficient (Wildman–Crippen LogP) is 4.48. The van der Waals surface area contributed by atoms with Crippen LogP contribution in [-0.4, -0.2) is 39.1 Å². The van der Waals surface area contributed by atoms with Crippen LogP contribution in [0.3, 0.4) is 0 Å². The molecule has 3 heterocycles. The maximum Gasteiger partial charge on any atom is 0.237 e. The molecule has 5 rings (SSSR count). The molecule has 0 saturated heterocycles. The molecule has 8 nitrogen and oxygen atoms in total. The van der Waals surface area contributed by atoms with Crippen LogP contribution in [0.4, 0.5) is 5.69 Å². The first-order valence-corrected chi connectivity index (χ1v) is 11.4. The van der Waals surface area contributed by atoms with E-state index in [0.29, 0.717) is 53.7 Å². The van der Waals surface area contributed by atoms with Crippen LogP contribution in [0.1, 0.15) is 12.5 Å². The molecule has 1 atom stereocenters. The summed E-state index contributed by atoms with van der Waals surface area (Å²) in [4.78, 5) is 12.9. The van der Waals surface area contributed by atoms with Crippen LogP contribution >= 0.6 is 11.8 Å². The second-order valence-corrected chi connectivity index (χ2v) is 8.77. The molecule has 1 unspecified atom stereocenters. The third-order valence-corrected chi connectivity index (χ3v) is 6.18. The lowest BCUT2D eigenvalue weighted by atomic mass is 10.2. The number of aromatic nitrogens is 3. The number of rotatable bonds is 7. The number of hydrogen-bond donors (Lipinski definition) is 1. The zero-order chi connectivity index (χ0) is 22.6. The quantitative estimate of drug-likeness (QED) is 0.405. The fraction of sp³-hybridized carbons (Fsp3) is 0.208. The number of anilines is 1. The number of amides is 1. The molecule has 0 saturated carbocycles. The minimum absolute atomic E-state index is 0.148. The van der Waals surface area contributed by atoms with Crippen molar-refractivity contribution in [3.8, 4) is 23.1 Å². The molecule has 2 aromatic heterocycles. The average Bonchev–Trinajstić information content (AvgIpc) is 3.50. The lowest BCUT2D eigenvalue weighted by Crippen LogP contribution is -2.23. The lowest BCUT2D eigenvalue weighted by molar-refractivity contribution is -0.115. The molecule has 1 aliphatic heterocycles. The van der Waals surface area contributed by atoms with Gasteiger partial charge in [0.25, 0.3) is 0 Å². The minimum Gasteiger partial charge on any atom is -0.486 e. The fourth-order valence-electron chi connectivity index (χ4n) is 3.45. The van der Waals surface area contributed by atoms with Gasteiger partial charge in [-0.15, -0.1) is 10.2 Å². The van der Waals surface area contributed by atoms with Crippen molar-refractivity contribution in [2.45, 2.75) is 23.9 Å². The number of ether oxygens (including phenoxy) is 2. The number of carbonyl (C=O) groups excluding carboxylic acids is 1. The van der Waals surface area contributed by atoms with E-state index in [2.05, 4.69) is 15.5 Å². The Morgan fingerprint density at radius 3 is 2.67 bits per heavy atom. The van der Waals surface area contributed by atoms with Gasteiger partial charge in [0.2, 0.25) is 11.7 Å². The van der Waals surface area contributed by atoms with E-state index in [1.165, 1.54) is 11.8 Å². The van der Waals surface area contributed by atoms with Gasteiger partial charge in [-0.2, -0.15) is 0 Å². The van der Waals surface area contributed by atoms with Crippen molar-refractivity contribution in [2.24, 2.45) is 0 Å². The third kappa shape index (κ3) is 4.73. The summed E-state index contributed by atoms with van der Waals surface area (Å²) in [5.41, 5.74) is 1.75. The molecule has 2 aromatic carbocycles. The van der Waals surface area contributed by atoms with Crippen LogP contribution in [0.2, 0.25) is 0 Å². The van der Waals surface area contributed by atoms with Crippen molar-refractivity contribution < 1.29 is 18.7 Å². The maximum atomic E-state index is 12.9. The highest BCUT2D eigenvalue weighted by atomic mass is 32.2. The molecule has 0 fully saturated rings. The van der Waals surface area contributed by atoms with Gasteiger partial charge in [-0.05, 0) is 36.8 Å². The number of carbonyl (C=O) groups is 1. The second-order valence-electron chi connectivity index (χ2n) is 7.46. The second kappa shape index (κ2) is 9.41. The molecule has 0 radical (unpaired) electrons. The Hall–Kier alpha value is -3.72. The highest BCUT2D eigenvalue weighted by Gasteiger charge is 2.23. The van der Waals surface area contributed by atoms with Crippen molar-refractivity contribution >= 4 is 23.4 Å². The molecular formula is C24H22N4O4S. The first kappa shape index (κ1) is 21.1. The summed E-state index contributed by atoms with van der Waals surface area (Å²) in [6.07, 6.45) is 1.60. The Bertz CT molecular complexity index is 1240. The molecule has 1 amide bonds. The van der Waals surface area contributed by atoms with Crippen molar-refractivity contribution in [2.75, 3.05) is 18.5 Å². The van der Waals surface area contributed by atoms with E-state index in [4.69, 9.17) is 13.9 Å². The number of hydrogen-bond acceptors (Lipinski definition) is 7. The van der Waals surface area contributed by atoms with Crippen molar-refractivity contribution in [1.82, 2.24) is 14.8 Å². The van der Waals surface area contributed by atoms with Crippen LogP contribution < -0.4 is 14.8 Å². The highest BCUT2D eigenvalue weighted by molar-refractivity contribution is 8.00. The maximum absolute atomic E-state index is 12.9. The Kier molecular flexibility index (Phi) is 6.03. The van der Waals surface area contributed by atoms with Crippen LogP contribution in [-0.2, 0) is 11.3 Å². The van der Waals surface area contributed by atoms with E-state index >= 15 is 0 Å². The largest absolute Gasteiger partial charge is 0.486 e. The van der Waals surface area contributed by atoms with E-state index in [1.54, 1.807) is 24.5 Å². The van der Waals surface area contributed by atoms with E-state index in [-0.39, 0.29) is 5.91 Å². The van der Waals surface area contributed by atoms with Gasteiger partial charge in [-0.1, -0.05) is 42.1 Å². The normalized spacial score (nSPS) is 13.5. The van der Waals surface area contributed by atoms with Crippen molar-refractivity contribution in [1.29, 1.82) is 0 Å². The number of nitrogens with zero attached hydrogens (tertiary/aromatic N) is 3. The van der Waals surface area contributed by atoms with Gasteiger partial charge in [0.05, 0.1) is 18.1 Å². The summed E-state index contributed by atoms with van der Waals surface area (Å²) in [6.45, 7) is 3.41. The monoisotopic (exact) mass is 462 g/mol. The van der Waals surface area contributed by atoms with E-state index in [9.17, 15) is 4.79 Å². The smallest absolute Gasteiger partial charge is 0.237 e. The van der Waals surface area contributed by atoms with Gasteiger partial charge < -0.3 is 19.2 Å². The summed E-state index contributed by atoms with van der Waals surface area (Å²) in [5, 5.41) is 11.9. The minimum atomic E-state index is -0.415. The van der Waals surface area contributed by atoms with E-state index < -0.39 is 5.25 Å².